The van der Waals surface area contributed by atoms with Crippen molar-refractivity contribution in [2.24, 2.45) is 0 Å². The molecule has 2 aromatic carbocycles. The van der Waals surface area contributed by atoms with Crippen molar-refractivity contribution in [3.05, 3.63) is 105 Å². The Morgan fingerprint density at radius 3 is 2.64 bits per heavy atom. The minimum Gasteiger partial charge on any atom is -0.298 e. The Morgan fingerprint density at radius 2 is 1.86 bits per heavy atom. The van der Waals surface area contributed by atoms with Crippen molar-refractivity contribution in [3.63, 3.8) is 0 Å². The van der Waals surface area contributed by atoms with Crippen LogP contribution in [0.15, 0.2) is 77.7 Å². The standard InChI is InChI=1S/C27H22ClFN4O2S/c1-17(25-21-8-4-2-6-18(21)12-13-30-25)14-20(34)16-33-27(35)32(15-19-7-3-5-9-22(19)29)26(31-33)23-10-11-24(28)36-23/h2-13,17H,14-16H2,1H3. The Kier molecular flexibility index (Phi) is 6.80. The Balaban J connectivity index is 1.43. The molecule has 0 saturated heterocycles. The third-order valence-corrected chi connectivity index (χ3v) is 7.26. The summed E-state index contributed by atoms with van der Waals surface area (Å²) in [5, 5.41) is 6.51. The van der Waals surface area contributed by atoms with E-state index in [0.29, 0.717) is 20.6 Å². The number of benzene rings is 2. The topological polar surface area (TPSA) is 69.8 Å². The van der Waals surface area contributed by atoms with Gasteiger partial charge >= 0.3 is 5.69 Å². The van der Waals surface area contributed by atoms with Crippen molar-refractivity contribution >= 4 is 39.5 Å². The van der Waals surface area contributed by atoms with Crippen molar-refractivity contribution in [2.45, 2.75) is 32.4 Å². The predicted octanol–water partition coefficient (Wildman–Crippen LogP) is 5.93. The third-order valence-electron chi connectivity index (χ3n) is 6.03. The lowest BCUT2D eigenvalue weighted by molar-refractivity contribution is -0.120. The second kappa shape index (κ2) is 10.2. The van der Waals surface area contributed by atoms with Crippen molar-refractivity contribution in [2.75, 3.05) is 0 Å². The van der Waals surface area contributed by atoms with E-state index in [9.17, 15) is 14.0 Å². The van der Waals surface area contributed by atoms with Gasteiger partial charge in [0.15, 0.2) is 11.6 Å². The molecule has 0 aliphatic heterocycles. The Labute approximate surface area is 215 Å². The van der Waals surface area contributed by atoms with Crippen LogP contribution in [0.5, 0.6) is 0 Å². The molecule has 182 valence electrons. The normalized spacial score (nSPS) is 12.2. The summed E-state index contributed by atoms with van der Waals surface area (Å²) in [4.78, 5) is 31.5. The first kappa shape index (κ1) is 24.1. The van der Waals surface area contributed by atoms with Crippen LogP contribution in [-0.2, 0) is 17.9 Å². The van der Waals surface area contributed by atoms with E-state index in [0.717, 1.165) is 21.1 Å². The van der Waals surface area contributed by atoms with Crippen molar-refractivity contribution in [1.29, 1.82) is 0 Å². The lowest BCUT2D eigenvalue weighted by Crippen LogP contribution is -2.28. The van der Waals surface area contributed by atoms with Gasteiger partial charge < -0.3 is 0 Å². The van der Waals surface area contributed by atoms with Crippen LogP contribution in [-0.4, -0.2) is 25.1 Å². The maximum atomic E-state index is 14.4. The fourth-order valence-electron chi connectivity index (χ4n) is 4.31. The Morgan fingerprint density at radius 1 is 1.08 bits per heavy atom. The van der Waals surface area contributed by atoms with Gasteiger partial charge in [-0.1, -0.05) is 61.0 Å². The summed E-state index contributed by atoms with van der Waals surface area (Å²) >= 11 is 7.38. The fraction of sp³-hybridized carbons (Fsp3) is 0.185. The van der Waals surface area contributed by atoms with E-state index in [4.69, 9.17) is 11.6 Å². The van der Waals surface area contributed by atoms with Crippen molar-refractivity contribution < 1.29 is 9.18 Å². The van der Waals surface area contributed by atoms with Gasteiger partial charge in [-0.25, -0.2) is 13.9 Å². The molecule has 1 atom stereocenters. The largest absolute Gasteiger partial charge is 0.346 e. The van der Waals surface area contributed by atoms with Gasteiger partial charge in [-0.15, -0.1) is 16.4 Å². The van der Waals surface area contributed by atoms with E-state index >= 15 is 0 Å². The number of aromatic nitrogens is 4. The van der Waals surface area contributed by atoms with Crippen LogP contribution in [0.25, 0.3) is 21.5 Å². The molecule has 0 N–H and O–H groups in total. The first-order valence-electron chi connectivity index (χ1n) is 11.4. The second-order valence-electron chi connectivity index (χ2n) is 8.61. The minimum absolute atomic E-state index is 0.0130. The van der Waals surface area contributed by atoms with Crippen LogP contribution in [0.2, 0.25) is 4.34 Å². The van der Waals surface area contributed by atoms with Crippen LogP contribution in [0.3, 0.4) is 0 Å². The zero-order chi connectivity index (χ0) is 25.2. The van der Waals surface area contributed by atoms with E-state index in [1.54, 1.807) is 36.5 Å². The van der Waals surface area contributed by atoms with Gasteiger partial charge in [-0.3, -0.25) is 14.3 Å². The Bertz CT molecular complexity index is 1620. The maximum Gasteiger partial charge on any atom is 0.346 e. The molecule has 0 radical (unpaired) electrons. The molecule has 0 fully saturated rings. The molecule has 0 bridgehead atoms. The number of fused-ring (bicyclic) bond motifs is 1. The Hall–Kier alpha value is -3.62. The van der Waals surface area contributed by atoms with Crippen LogP contribution in [0.4, 0.5) is 4.39 Å². The molecule has 0 aliphatic rings. The highest BCUT2D eigenvalue weighted by molar-refractivity contribution is 7.19. The van der Waals surface area contributed by atoms with Crippen molar-refractivity contribution in [1.82, 2.24) is 19.3 Å². The highest BCUT2D eigenvalue weighted by Crippen LogP contribution is 2.30. The zero-order valence-corrected chi connectivity index (χ0v) is 21.0. The molecular formula is C27H22ClFN4O2S. The second-order valence-corrected chi connectivity index (χ2v) is 10.3. The molecule has 36 heavy (non-hydrogen) atoms. The van der Waals surface area contributed by atoms with Gasteiger partial charge in [-0.2, -0.15) is 0 Å². The van der Waals surface area contributed by atoms with Gasteiger partial charge in [0.25, 0.3) is 0 Å². The number of nitrogens with zero attached hydrogens (tertiary/aromatic N) is 4. The number of carbonyl (C=O) groups excluding carboxylic acids is 1. The molecule has 1 unspecified atom stereocenters. The van der Waals surface area contributed by atoms with Crippen LogP contribution >= 0.6 is 22.9 Å². The van der Waals surface area contributed by atoms with Gasteiger partial charge in [0.2, 0.25) is 0 Å². The number of hydrogen-bond donors (Lipinski definition) is 0. The molecule has 3 aromatic heterocycles. The number of rotatable bonds is 8. The molecule has 5 aromatic rings. The zero-order valence-electron chi connectivity index (χ0n) is 19.4. The highest BCUT2D eigenvalue weighted by atomic mass is 35.5. The summed E-state index contributed by atoms with van der Waals surface area (Å²) in [6.07, 6.45) is 1.94. The summed E-state index contributed by atoms with van der Waals surface area (Å²) < 4.78 is 17.4. The van der Waals surface area contributed by atoms with Crippen LogP contribution < -0.4 is 5.69 Å². The summed E-state index contributed by atoms with van der Waals surface area (Å²) in [6.45, 7) is 1.75. The molecule has 0 amide bonds. The first-order valence-corrected chi connectivity index (χ1v) is 12.6. The van der Waals surface area contributed by atoms with Gasteiger partial charge in [-0.05, 0) is 29.7 Å². The van der Waals surface area contributed by atoms with Crippen LogP contribution in [0.1, 0.15) is 30.5 Å². The summed E-state index contributed by atoms with van der Waals surface area (Å²) in [7, 11) is 0. The number of pyridine rings is 1. The van der Waals surface area contributed by atoms with Crippen molar-refractivity contribution in [3.8, 4) is 10.7 Å². The van der Waals surface area contributed by atoms with E-state index in [2.05, 4.69) is 10.1 Å². The summed E-state index contributed by atoms with van der Waals surface area (Å²) in [6, 6.07) is 19.6. The predicted molar refractivity (Wildman–Crippen MR) is 140 cm³/mol. The maximum absolute atomic E-state index is 14.4. The third kappa shape index (κ3) is 4.87. The molecule has 6 nitrogen and oxygen atoms in total. The molecule has 9 heteroatoms. The quantitative estimate of drug-likeness (QED) is 0.254. The molecule has 3 heterocycles. The SMILES string of the molecule is CC(CC(=O)Cn1nc(-c2ccc(Cl)s2)n(Cc2ccccc2F)c1=O)c1nccc2ccccc12. The average Bonchev–Trinajstić information content (AvgIpc) is 3.43. The number of halogens is 2. The first-order chi connectivity index (χ1) is 17.4. The number of Topliss-reactive ketones (excluding diaryl/α,β-unsaturated/α-hetero) is 1. The van der Waals surface area contributed by atoms with Gasteiger partial charge in [0.1, 0.15) is 12.4 Å². The summed E-state index contributed by atoms with van der Waals surface area (Å²) in [5.41, 5.74) is 0.708. The molecule has 0 saturated carbocycles. The minimum atomic E-state index is -0.484. The number of ketones is 1. The molecular weight excluding hydrogens is 499 g/mol. The molecule has 0 aliphatic carbocycles. The van der Waals surface area contributed by atoms with E-state index < -0.39 is 11.5 Å². The smallest absolute Gasteiger partial charge is 0.298 e. The average molecular weight is 521 g/mol. The lowest BCUT2D eigenvalue weighted by Gasteiger charge is -2.12. The molecule has 5 rings (SSSR count). The van der Waals surface area contributed by atoms with E-state index in [1.807, 2.05) is 37.3 Å². The number of thiophene rings is 1. The lowest BCUT2D eigenvalue weighted by atomic mass is 9.96. The molecule has 0 spiro atoms. The van der Waals surface area contributed by atoms with Gasteiger partial charge in [0.05, 0.1) is 21.5 Å². The summed E-state index contributed by atoms with van der Waals surface area (Å²) in [5.74, 6) is -0.363. The monoisotopic (exact) mass is 520 g/mol. The van der Waals surface area contributed by atoms with E-state index in [1.165, 1.54) is 22.0 Å². The number of hydrogen-bond acceptors (Lipinski definition) is 5. The fourth-order valence-corrected chi connectivity index (χ4v) is 5.34. The van der Waals surface area contributed by atoms with Crippen LogP contribution in [0, 0.1) is 5.82 Å². The van der Waals surface area contributed by atoms with E-state index in [-0.39, 0.29) is 31.2 Å². The number of carbonyl (C=O) groups is 1. The highest BCUT2D eigenvalue weighted by Gasteiger charge is 2.21. The van der Waals surface area contributed by atoms with Gasteiger partial charge in [0, 0.05) is 29.5 Å².